The predicted octanol–water partition coefficient (Wildman–Crippen LogP) is 4.81. The fraction of sp³-hybridized carbons (Fsp3) is 0.188. The zero-order chi connectivity index (χ0) is 31.1. The average Bonchev–Trinajstić information content (AvgIpc) is 2.91. The minimum Gasteiger partial charge on any atom is -0.550 e. The standard InChI is InChI=1S/2C16H15Cl2NO2.K.H2O/c2*1-9-3-5-13(11(7-9)8-15(20)21)19-14-6-4-12(17)10(2)16(14)18;;/h2*3-7,19H,8H2,1-2H3,(H,20,21);;1H2/q;;+1;/p-1. The van der Waals surface area contributed by atoms with E-state index in [-0.39, 0.29) is 69.7 Å². The molecule has 0 atom stereocenters. The van der Waals surface area contributed by atoms with E-state index in [2.05, 4.69) is 10.6 Å². The van der Waals surface area contributed by atoms with E-state index in [1.54, 1.807) is 24.3 Å². The van der Waals surface area contributed by atoms with Gasteiger partial charge in [0.15, 0.2) is 0 Å². The number of halogens is 4. The van der Waals surface area contributed by atoms with Crippen LogP contribution in [-0.2, 0) is 22.4 Å². The Bertz CT molecular complexity index is 1530. The molecule has 0 unspecified atom stereocenters. The van der Waals surface area contributed by atoms with Gasteiger partial charge < -0.3 is 31.1 Å². The Morgan fingerprint density at radius 3 is 1.39 bits per heavy atom. The molecule has 4 aromatic rings. The number of rotatable bonds is 8. The minimum atomic E-state index is -1.12. The van der Waals surface area contributed by atoms with Gasteiger partial charge in [0.2, 0.25) is 0 Å². The van der Waals surface area contributed by atoms with E-state index in [1.807, 2.05) is 64.1 Å². The molecular formula is C32H31Cl4KN2O5. The number of carboxylic acid groups (broad SMARTS) is 2. The number of carbonyl (C=O) groups excluding carboxylic acids is 1. The number of hydrogen-bond acceptors (Lipinski definition) is 5. The van der Waals surface area contributed by atoms with E-state index in [9.17, 15) is 14.7 Å². The van der Waals surface area contributed by atoms with Crippen LogP contribution in [0, 0.1) is 27.7 Å². The summed E-state index contributed by atoms with van der Waals surface area (Å²) in [6.45, 7) is 7.49. The molecule has 12 heteroatoms. The van der Waals surface area contributed by atoms with Crippen LogP contribution in [0.5, 0.6) is 0 Å². The van der Waals surface area contributed by atoms with E-state index in [4.69, 9.17) is 51.5 Å². The van der Waals surface area contributed by atoms with E-state index in [0.717, 1.165) is 27.9 Å². The largest absolute Gasteiger partial charge is 1.00 e. The number of aryl methyl sites for hydroxylation is 2. The Morgan fingerprint density at radius 2 is 1.02 bits per heavy atom. The molecule has 0 bridgehead atoms. The van der Waals surface area contributed by atoms with Gasteiger partial charge in [0.05, 0.1) is 27.8 Å². The van der Waals surface area contributed by atoms with Crippen molar-refractivity contribution in [3.63, 3.8) is 0 Å². The van der Waals surface area contributed by atoms with Crippen LogP contribution in [0.15, 0.2) is 60.7 Å². The van der Waals surface area contributed by atoms with E-state index < -0.39 is 11.9 Å². The second-order valence-electron chi connectivity index (χ2n) is 9.76. The van der Waals surface area contributed by atoms with Crippen molar-refractivity contribution in [1.82, 2.24) is 0 Å². The minimum absolute atomic E-state index is 0. The molecule has 7 nitrogen and oxygen atoms in total. The molecule has 0 amide bonds. The molecule has 0 spiro atoms. The Labute approximate surface area is 319 Å². The van der Waals surface area contributed by atoms with Crippen molar-refractivity contribution < 1.29 is 76.7 Å². The molecule has 0 aliphatic heterocycles. The second kappa shape index (κ2) is 18.4. The Balaban J connectivity index is 0.000000421. The number of nitrogens with one attached hydrogen (secondary N) is 2. The van der Waals surface area contributed by atoms with Crippen LogP contribution in [0.2, 0.25) is 20.1 Å². The monoisotopic (exact) mass is 702 g/mol. The Hall–Kier alpha value is -1.82. The quantitative estimate of drug-likeness (QED) is 0.226. The Kier molecular flexibility index (Phi) is 16.8. The molecule has 0 fully saturated rings. The molecule has 0 heterocycles. The predicted molar refractivity (Wildman–Crippen MR) is 175 cm³/mol. The van der Waals surface area contributed by atoms with Crippen LogP contribution in [0.25, 0.3) is 0 Å². The summed E-state index contributed by atoms with van der Waals surface area (Å²) in [5.41, 5.74) is 7.72. The summed E-state index contributed by atoms with van der Waals surface area (Å²) in [7, 11) is 0. The third-order valence-corrected chi connectivity index (χ3v) is 8.17. The second-order valence-corrected chi connectivity index (χ2v) is 11.3. The number of benzene rings is 4. The van der Waals surface area contributed by atoms with Crippen LogP contribution in [-0.4, -0.2) is 22.5 Å². The molecular weight excluding hydrogens is 673 g/mol. The summed E-state index contributed by atoms with van der Waals surface area (Å²) in [6.07, 6.45) is -0.206. The van der Waals surface area contributed by atoms with Crippen LogP contribution in [0.1, 0.15) is 33.4 Å². The summed E-state index contributed by atoms with van der Waals surface area (Å²) in [6, 6.07) is 18.2. The SMILES string of the molecule is Cc1ccc(Nc2ccc(Cl)c(C)c2Cl)c(CC(=O)O)c1.Cc1ccc(Nc2ccc(Cl)c(C)c2Cl)c(CC(=O)[O-])c1.O.[K+]. The third kappa shape index (κ3) is 11.2. The third-order valence-electron chi connectivity index (χ3n) is 6.38. The number of anilines is 4. The number of carbonyl (C=O) groups is 2. The molecule has 44 heavy (non-hydrogen) atoms. The maximum absolute atomic E-state index is 11.0. The molecule has 0 saturated heterocycles. The summed E-state index contributed by atoms with van der Waals surface area (Å²) < 4.78 is 0. The van der Waals surface area contributed by atoms with E-state index in [0.29, 0.717) is 48.3 Å². The molecule has 0 saturated carbocycles. The van der Waals surface area contributed by atoms with Gasteiger partial charge in [-0.05, 0) is 86.3 Å². The van der Waals surface area contributed by atoms with Gasteiger partial charge in [0, 0.05) is 33.8 Å². The molecule has 4 aromatic carbocycles. The maximum atomic E-state index is 11.0. The van der Waals surface area contributed by atoms with Crippen LogP contribution in [0.3, 0.4) is 0 Å². The van der Waals surface area contributed by atoms with Crippen molar-refractivity contribution in [1.29, 1.82) is 0 Å². The van der Waals surface area contributed by atoms with Gasteiger partial charge in [-0.2, -0.15) is 0 Å². The summed E-state index contributed by atoms with van der Waals surface area (Å²) in [4.78, 5) is 21.8. The normalized spacial score (nSPS) is 10.0. The van der Waals surface area contributed by atoms with E-state index >= 15 is 0 Å². The number of hydrogen-bond donors (Lipinski definition) is 3. The molecule has 0 aromatic heterocycles. The van der Waals surface area contributed by atoms with Gasteiger partial charge in [0.25, 0.3) is 0 Å². The molecule has 0 radical (unpaired) electrons. The van der Waals surface area contributed by atoms with Crippen molar-refractivity contribution >= 4 is 81.1 Å². The van der Waals surface area contributed by atoms with Crippen molar-refractivity contribution in [2.45, 2.75) is 40.5 Å². The zero-order valence-corrected chi connectivity index (χ0v) is 31.0. The fourth-order valence-electron chi connectivity index (χ4n) is 4.11. The smallest absolute Gasteiger partial charge is 0.550 e. The summed E-state index contributed by atoms with van der Waals surface area (Å²) in [5, 5.41) is 28.5. The van der Waals surface area contributed by atoms with Gasteiger partial charge in [0.1, 0.15) is 0 Å². The van der Waals surface area contributed by atoms with Crippen LogP contribution >= 0.6 is 46.4 Å². The van der Waals surface area contributed by atoms with Gasteiger partial charge in [-0.1, -0.05) is 81.8 Å². The number of carboxylic acids is 2. The van der Waals surface area contributed by atoms with Crippen molar-refractivity contribution in [2.75, 3.05) is 10.6 Å². The van der Waals surface area contributed by atoms with Gasteiger partial charge in [-0.25, -0.2) is 0 Å². The van der Waals surface area contributed by atoms with Crippen LogP contribution in [0.4, 0.5) is 22.7 Å². The topological polar surface area (TPSA) is 133 Å². The zero-order valence-electron chi connectivity index (χ0n) is 24.9. The molecule has 0 aliphatic rings. The van der Waals surface area contributed by atoms with Crippen LogP contribution < -0.4 is 67.1 Å². The van der Waals surface area contributed by atoms with Gasteiger partial charge in [-0.15, -0.1) is 0 Å². The van der Waals surface area contributed by atoms with Crippen molar-refractivity contribution in [3.8, 4) is 0 Å². The first-order valence-electron chi connectivity index (χ1n) is 12.8. The first kappa shape index (κ1) is 40.2. The fourth-order valence-corrected chi connectivity index (χ4v) is 4.94. The average molecular weight is 705 g/mol. The summed E-state index contributed by atoms with van der Waals surface area (Å²) in [5.74, 6) is -2.00. The maximum Gasteiger partial charge on any atom is 1.00 e. The van der Waals surface area contributed by atoms with Crippen molar-refractivity contribution in [3.05, 3.63) is 114 Å². The molecule has 4 rings (SSSR count). The molecule has 5 N–H and O–H groups in total. The number of aliphatic carboxylic acids is 2. The van der Waals surface area contributed by atoms with Gasteiger partial charge in [-0.3, -0.25) is 4.79 Å². The first-order valence-corrected chi connectivity index (χ1v) is 14.3. The first-order chi connectivity index (χ1) is 19.8. The van der Waals surface area contributed by atoms with E-state index in [1.165, 1.54) is 0 Å². The van der Waals surface area contributed by atoms with Gasteiger partial charge >= 0.3 is 57.4 Å². The van der Waals surface area contributed by atoms with Crippen molar-refractivity contribution in [2.24, 2.45) is 0 Å². The Morgan fingerprint density at radius 1 is 0.659 bits per heavy atom. The molecule has 0 aliphatic carbocycles. The molecule has 228 valence electrons. The summed E-state index contributed by atoms with van der Waals surface area (Å²) >= 11 is 24.6.